The van der Waals surface area contributed by atoms with Crippen molar-refractivity contribution in [2.24, 2.45) is 5.92 Å². The zero-order valence-corrected chi connectivity index (χ0v) is 18.2. The molecule has 1 saturated heterocycles. The summed E-state index contributed by atoms with van der Waals surface area (Å²) in [5.74, 6) is -1.30. The lowest BCUT2D eigenvalue weighted by atomic mass is 9.99. The van der Waals surface area contributed by atoms with Crippen LogP contribution in [0.3, 0.4) is 0 Å². The summed E-state index contributed by atoms with van der Waals surface area (Å²) in [5, 5.41) is 2.78. The molecular formula is C22H28F2N4O3. The average molecular weight is 434 g/mol. The summed E-state index contributed by atoms with van der Waals surface area (Å²) >= 11 is 0. The summed E-state index contributed by atoms with van der Waals surface area (Å²) in [6.45, 7) is 10.6. The van der Waals surface area contributed by atoms with Gasteiger partial charge in [0.25, 0.3) is 0 Å². The Morgan fingerprint density at radius 3 is 2.45 bits per heavy atom. The second kappa shape index (κ2) is 10.3. The number of ketones is 1. The maximum atomic E-state index is 14.4. The first-order valence-corrected chi connectivity index (χ1v) is 9.90. The number of alkyl carbamates (subject to hydrolysis) is 1. The van der Waals surface area contributed by atoms with E-state index in [-0.39, 0.29) is 18.1 Å². The van der Waals surface area contributed by atoms with Crippen LogP contribution in [0.5, 0.6) is 0 Å². The van der Waals surface area contributed by atoms with Gasteiger partial charge in [0, 0.05) is 37.8 Å². The fourth-order valence-corrected chi connectivity index (χ4v) is 3.09. The summed E-state index contributed by atoms with van der Waals surface area (Å²) in [4.78, 5) is 33.9. The molecule has 1 N–H and O–H groups in total. The third kappa shape index (κ3) is 7.58. The van der Waals surface area contributed by atoms with E-state index in [0.717, 1.165) is 18.2 Å². The van der Waals surface area contributed by atoms with Crippen LogP contribution in [0.25, 0.3) is 0 Å². The van der Waals surface area contributed by atoms with Gasteiger partial charge < -0.3 is 15.0 Å². The minimum atomic E-state index is -0.679. The normalized spacial score (nSPS) is 19.9. The zero-order chi connectivity index (χ0) is 23.2. The molecule has 168 valence electrons. The third-order valence-electron chi connectivity index (χ3n) is 4.55. The van der Waals surface area contributed by atoms with Gasteiger partial charge in [-0.1, -0.05) is 6.58 Å². The molecule has 0 bridgehead atoms. The molecule has 7 nitrogen and oxygen atoms in total. The first-order chi connectivity index (χ1) is 14.5. The molecule has 1 amide bonds. The van der Waals surface area contributed by atoms with Crippen LogP contribution >= 0.6 is 0 Å². The fraction of sp³-hybridized carbons (Fsp3) is 0.455. The number of hydrogen-bond donors (Lipinski definition) is 1. The van der Waals surface area contributed by atoms with Crippen LogP contribution in [0.15, 0.2) is 48.9 Å². The van der Waals surface area contributed by atoms with E-state index in [2.05, 4.69) is 21.9 Å². The SMILES string of the molecule is C=C/C(F)=C\C=C(\F)CC1CN(c2ncc(C(C)=O)cn2)C[C@@H]1NC(=O)OC(C)(C)C. The molecule has 31 heavy (non-hydrogen) atoms. The molecule has 9 heteroatoms. The van der Waals surface area contributed by atoms with E-state index in [1.54, 1.807) is 25.7 Å². The molecule has 2 atom stereocenters. The summed E-state index contributed by atoms with van der Waals surface area (Å²) in [6.07, 6.45) is 5.24. The molecule has 1 aromatic rings. The smallest absolute Gasteiger partial charge is 0.407 e. The first-order valence-electron chi connectivity index (χ1n) is 9.90. The predicted molar refractivity (Wildman–Crippen MR) is 114 cm³/mol. The van der Waals surface area contributed by atoms with Gasteiger partial charge in [0.2, 0.25) is 5.95 Å². The van der Waals surface area contributed by atoms with Crippen LogP contribution < -0.4 is 10.2 Å². The summed E-state index contributed by atoms with van der Waals surface area (Å²) in [6, 6.07) is -0.446. The number of amides is 1. The molecule has 1 aromatic heterocycles. The molecule has 0 saturated carbocycles. The third-order valence-corrected chi connectivity index (χ3v) is 4.55. The lowest BCUT2D eigenvalue weighted by molar-refractivity contribution is 0.0496. The zero-order valence-electron chi connectivity index (χ0n) is 18.2. The van der Waals surface area contributed by atoms with Gasteiger partial charge in [0.05, 0.1) is 11.6 Å². The topological polar surface area (TPSA) is 84.4 Å². The molecule has 0 radical (unpaired) electrons. The van der Waals surface area contributed by atoms with Crippen LogP contribution in [0, 0.1) is 5.92 Å². The second-order valence-corrected chi connectivity index (χ2v) is 8.32. The van der Waals surface area contributed by atoms with E-state index < -0.39 is 29.4 Å². The Labute approximate surface area is 180 Å². The fourth-order valence-electron chi connectivity index (χ4n) is 3.09. The number of halogens is 2. The van der Waals surface area contributed by atoms with Crippen molar-refractivity contribution in [3.8, 4) is 0 Å². The van der Waals surface area contributed by atoms with E-state index >= 15 is 0 Å². The highest BCUT2D eigenvalue weighted by atomic mass is 19.1. The van der Waals surface area contributed by atoms with E-state index in [9.17, 15) is 18.4 Å². The Morgan fingerprint density at radius 2 is 1.90 bits per heavy atom. The van der Waals surface area contributed by atoms with Gasteiger partial charge >= 0.3 is 6.09 Å². The Kier molecular flexibility index (Phi) is 8.01. The Hall–Kier alpha value is -3.10. The number of hydrogen-bond acceptors (Lipinski definition) is 6. The van der Waals surface area contributed by atoms with Gasteiger partial charge in [-0.2, -0.15) is 0 Å². The van der Waals surface area contributed by atoms with Gasteiger partial charge in [0.1, 0.15) is 17.3 Å². The van der Waals surface area contributed by atoms with Crippen molar-refractivity contribution in [2.45, 2.75) is 45.8 Å². The molecule has 1 aliphatic rings. The molecule has 1 unspecified atom stereocenters. The summed E-state index contributed by atoms with van der Waals surface area (Å²) < 4.78 is 32.9. The molecule has 1 fully saturated rings. The number of aromatic nitrogens is 2. The van der Waals surface area contributed by atoms with E-state index in [1.807, 2.05) is 0 Å². The number of carbonyl (C=O) groups is 2. The van der Waals surface area contributed by atoms with Crippen molar-refractivity contribution in [1.82, 2.24) is 15.3 Å². The van der Waals surface area contributed by atoms with Crippen LogP contribution in [0.4, 0.5) is 19.5 Å². The Morgan fingerprint density at radius 1 is 1.26 bits per heavy atom. The quantitative estimate of drug-likeness (QED) is 0.509. The van der Waals surface area contributed by atoms with Crippen molar-refractivity contribution in [2.75, 3.05) is 18.0 Å². The van der Waals surface area contributed by atoms with Gasteiger partial charge in [-0.25, -0.2) is 23.5 Å². The van der Waals surface area contributed by atoms with Gasteiger partial charge in [0.15, 0.2) is 5.78 Å². The van der Waals surface area contributed by atoms with E-state index in [0.29, 0.717) is 24.6 Å². The van der Waals surface area contributed by atoms with E-state index in [1.165, 1.54) is 19.3 Å². The van der Waals surface area contributed by atoms with Gasteiger partial charge in [-0.15, -0.1) is 0 Å². The van der Waals surface area contributed by atoms with Gasteiger partial charge in [-0.3, -0.25) is 4.79 Å². The molecular weight excluding hydrogens is 406 g/mol. The minimum absolute atomic E-state index is 0.0244. The highest BCUT2D eigenvalue weighted by Gasteiger charge is 2.36. The Balaban J connectivity index is 2.18. The van der Waals surface area contributed by atoms with Crippen molar-refractivity contribution >= 4 is 17.8 Å². The van der Waals surface area contributed by atoms with Crippen molar-refractivity contribution in [3.63, 3.8) is 0 Å². The summed E-state index contributed by atoms with van der Waals surface area (Å²) in [7, 11) is 0. The molecule has 2 rings (SSSR count). The molecule has 1 aliphatic heterocycles. The van der Waals surface area contributed by atoms with Crippen molar-refractivity contribution in [1.29, 1.82) is 0 Å². The number of nitrogens with zero attached hydrogens (tertiary/aromatic N) is 3. The minimum Gasteiger partial charge on any atom is -0.444 e. The monoisotopic (exact) mass is 434 g/mol. The lowest BCUT2D eigenvalue weighted by Crippen LogP contribution is -2.43. The standard InChI is InChI=1S/C22H28F2N4O3/c1-6-17(23)7-8-18(24)9-15-12-28(20-25-10-16(11-26-20)14(2)29)13-19(15)27-21(30)31-22(3,4)5/h6-8,10-11,15,19H,1,9,12-13H2,2-5H3,(H,27,30)/b17-7+,18-8+/t15?,19-/m0/s1. The highest BCUT2D eigenvalue weighted by Crippen LogP contribution is 2.27. The van der Waals surface area contributed by atoms with Crippen molar-refractivity contribution in [3.05, 3.63) is 54.4 Å². The highest BCUT2D eigenvalue weighted by molar-refractivity contribution is 5.93. The number of ether oxygens (including phenoxy) is 1. The number of anilines is 1. The molecule has 2 heterocycles. The van der Waals surface area contributed by atoms with Crippen LogP contribution in [-0.4, -0.2) is 46.6 Å². The first kappa shape index (κ1) is 24.2. The number of nitrogens with one attached hydrogen (secondary N) is 1. The molecule has 0 aliphatic carbocycles. The lowest BCUT2D eigenvalue weighted by Gasteiger charge is -2.23. The number of Topliss-reactive ketones (excluding diaryl/α,β-unsaturated/α-hetero) is 1. The van der Waals surface area contributed by atoms with Crippen LogP contribution in [0.1, 0.15) is 44.5 Å². The maximum absolute atomic E-state index is 14.4. The Bertz CT molecular complexity index is 876. The van der Waals surface area contributed by atoms with Crippen molar-refractivity contribution < 1.29 is 23.1 Å². The number of allylic oxidation sites excluding steroid dienone is 5. The molecule has 0 aromatic carbocycles. The van der Waals surface area contributed by atoms with Crippen LogP contribution in [0.2, 0.25) is 0 Å². The maximum Gasteiger partial charge on any atom is 0.407 e. The molecule has 0 spiro atoms. The largest absolute Gasteiger partial charge is 0.444 e. The average Bonchev–Trinajstić information content (AvgIpc) is 3.06. The van der Waals surface area contributed by atoms with Crippen LogP contribution in [-0.2, 0) is 4.74 Å². The number of rotatable bonds is 7. The van der Waals surface area contributed by atoms with Gasteiger partial charge in [-0.05, 0) is 45.9 Å². The predicted octanol–water partition coefficient (Wildman–Crippen LogP) is 4.29. The van der Waals surface area contributed by atoms with E-state index in [4.69, 9.17) is 4.74 Å². The number of carbonyl (C=O) groups excluding carboxylic acids is 2. The summed E-state index contributed by atoms with van der Waals surface area (Å²) in [5.41, 5.74) is -0.297. The second-order valence-electron chi connectivity index (χ2n) is 8.32.